The molecule has 4 heteroatoms. The summed E-state index contributed by atoms with van der Waals surface area (Å²) in [5.74, 6) is 0.247. The van der Waals surface area contributed by atoms with E-state index in [1.54, 1.807) is 0 Å². The van der Waals surface area contributed by atoms with Crippen molar-refractivity contribution in [2.75, 3.05) is 19.7 Å². The fraction of sp³-hybridized carbons (Fsp3) is 0.455. The van der Waals surface area contributed by atoms with Crippen molar-refractivity contribution in [2.45, 2.75) is 12.5 Å². The minimum absolute atomic E-state index is 0.298. The number of rotatable bonds is 3. The zero-order valence-corrected chi connectivity index (χ0v) is 8.72. The molecule has 3 N–H and O–H groups in total. The van der Waals surface area contributed by atoms with Crippen molar-refractivity contribution >= 4 is 0 Å². The van der Waals surface area contributed by atoms with E-state index >= 15 is 0 Å². The van der Waals surface area contributed by atoms with Crippen molar-refractivity contribution in [3.63, 3.8) is 0 Å². The normalized spacial score (nSPS) is 18.3. The summed E-state index contributed by atoms with van der Waals surface area (Å²) in [7, 11) is 0. The summed E-state index contributed by atoms with van der Waals surface area (Å²) in [6.45, 7) is 3.76. The molecular weight excluding hydrogens is 195 g/mol. The van der Waals surface area contributed by atoms with Crippen LogP contribution in [0.15, 0.2) is 18.2 Å². The Labute approximate surface area is 88.4 Å². The summed E-state index contributed by atoms with van der Waals surface area (Å²) in [5, 5.41) is 3.08. The largest absolute Gasteiger partial charge is 0.494 e. The molecule has 0 radical (unpaired) electrons. The molecule has 1 aromatic rings. The van der Waals surface area contributed by atoms with Crippen LogP contribution in [0.5, 0.6) is 5.75 Å². The first-order chi connectivity index (χ1) is 7.14. The van der Waals surface area contributed by atoms with Gasteiger partial charge in [-0.25, -0.2) is 4.39 Å². The third-order valence-electron chi connectivity index (χ3n) is 2.64. The number of hydrogen-bond acceptors (Lipinski definition) is 3. The molecule has 0 spiro atoms. The predicted molar refractivity (Wildman–Crippen MR) is 56.3 cm³/mol. The Balaban J connectivity index is 2.30. The smallest absolute Gasteiger partial charge is 0.127 e. The standard InChI is InChI=1S/C11H15FN2O/c1-2-15-10-4-8(3-9(12)5-10)11(13)6-14-7-11/h3-5,14H,2,6-7,13H2,1H3. The molecule has 82 valence electrons. The van der Waals surface area contributed by atoms with E-state index < -0.39 is 5.54 Å². The summed E-state index contributed by atoms with van der Waals surface area (Å²) in [4.78, 5) is 0. The van der Waals surface area contributed by atoms with Crippen LogP contribution < -0.4 is 15.8 Å². The first-order valence-corrected chi connectivity index (χ1v) is 5.07. The monoisotopic (exact) mass is 210 g/mol. The van der Waals surface area contributed by atoms with Crippen molar-refractivity contribution in [3.05, 3.63) is 29.6 Å². The Hall–Kier alpha value is -1.13. The van der Waals surface area contributed by atoms with E-state index in [-0.39, 0.29) is 5.82 Å². The Morgan fingerprint density at radius 2 is 2.20 bits per heavy atom. The topological polar surface area (TPSA) is 47.3 Å². The fourth-order valence-corrected chi connectivity index (χ4v) is 1.70. The van der Waals surface area contributed by atoms with E-state index in [2.05, 4.69) is 5.32 Å². The second kappa shape index (κ2) is 3.79. The molecule has 1 aromatic carbocycles. The van der Waals surface area contributed by atoms with Gasteiger partial charge in [0.1, 0.15) is 11.6 Å². The number of nitrogens with one attached hydrogen (secondary N) is 1. The van der Waals surface area contributed by atoms with Crippen molar-refractivity contribution in [3.8, 4) is 5.75 Å². The highest BCUT2D eigenvalue weighted by Gasteiger charge is 2.34. The third kappa shape index (κ3) is 1.96. The van der Waals surface area contributed by atoms with Crippen LogP contribution in [-0.4, -0.2) is 19.7 Å². The molecule has 0 bridgehead atoms. The predicted octanol–water partition coefficient (Wildman–Crippen LogP) is 0.982. The molecule has 1 heterocycles. The number of hydrogen-bond donors (Lipinski definition) is 2. The maximum absolute atomic E-state index is 13.3. The minimum Gasteiger partial charge on any atom is -0.494 e. The van der Waals surface area contributed by atoms with Crippen molar-refractivity contribution in [2.24, 2.45) is 5.73 Å². The first kappa shape index (κ1) is 10.4. The van der Waals surface area contributed by atoms with E-state index in [1.165, 1.54) is 12.1 Å². The summed E-state index contributed by atoms with van der Waals surface area (Å²) in [6, 6.07) is 4.67. The highest BCUT2D eigenvalue weighted by atomic mass is 19.1. The van der Waals surface area contributed by atoms with Crippen LogP contribution in [0, 0.1) is 5.82 Å². The van der Waals surface area contributed by atoms with E-state index in [9.17, 15) is 4.39 Å². The number of ether oxygens (including phenoxy) is 1. The van der Waals surface area contributed by atoms with Gasteiger partial charge in [-0.3, -0.25) is 0 Å². The molecule has 15 heavy (non-hydrogen) atoms. The van der Waals surface area contributed by atoms with Gasteiger partial charge in [0.2, 0.25) is 0 Å². The molecular formula is C11H15FN2O. The quantitative estimate of drug-likeness (QED) is 0.782. The summed E-state index contributed by atoms with van der Waals surface area (Å²) in [5.41, 5.74) is 6.43. The zero-order valence-electron chi connectivity index (χ0n) is 8.72. The molecule has 1 aliphatic heterocycles. The SMILES string of the molecule is CCOc1cc(F)cc(C2(N)CNC2)c1. The molecule has 0 atom stereocenters. The molecule has 1 saturated heterocycles. The van der Waals surface area contributed by atoms with Crippen LogP contribution >= 0.6 is 0 Å². The fourth-order valence-electron chi connectivity index (χ4n) is 1.70. The maximum atomic E-state index is 13.3. The second-order valence-corrected chi connectivity index (χ2v) is 3.87. The van der Waals surface area contributed by atoms with Gasteiger partial charge in [-0.15, -0.1) is 0 Å². The lowest BCUT2D eigenvalue weighted by atomic mass is 9.85. The Kier molecular flexibility index (Phi) is 2.63. The highest BCUT2D eigenvalue weighted by molar-refractivity contribution is 5.36. The molecule has 0 amide bonds. The van der Waals surface area contributed by atoms with E-state index in [0.717, 1.165) is 5.56 Å². The zero-order chi connectivity index (χ0) is 10.9. The lowest BCUT2D eigenvalue weighted by Crippen LogP contribution is -2.62. The molecule has 0 aliphatic carbocycles. The average Bonchev–Trinajstić information content (AvgIpc) is 2.14. The Morgan fingerprint density at radius 1 is 1.47 bits per heavy atom. The van der Waals surface area contributed by atoms with Crippen LogP contribution in [0.25, 0.3) is 0 Å². The van der Waals surface area contributed by atoms with Gasteiger partial charge in [0.15, 0.2) is 0 Å². The lowest BCUT2D eigenvalue weighted by Gasteiger charge is -2.39. The van der Waals surface area contributed by atoms with Gasteiger partial charge >= 0.3 is 0 Å². The summed E-state index contributed by atoms with van der Waals surface area (Å²) >= 11 is 0. The third-order valence-corrected chi connectivity index (χ3v) is 2.64. The number of nitrogens with two attached hydrogens (primary N) is 1. The van der Waals surface area contributed by atoms with E-state index in [1.807, 2.05) is 13.0 Å². The second-order valence-electron chi connectivity index (χ2n) is 3.87. The van der Waals surface area contributed by atoms with Crippen LogP contribution in [0.2, 0.25) is 0 Å². The number of halogens is 1. The average molecular weight is 210 g/mol. The maximum Gasteiger partial charge on any atom is 0.127 e. The lowest BCUT2D eigenvalue weighted by molar-refractivity contribution is 0.282. The van der Waals surface area contributed by atoms with Gasteiger partial charge in [0, 0.05) is 19.2 Å². The highest BCUT2D eigenvalue weighted by Crippen LogP contribution is 2.27. The minimum atomic E-state index is -0.437. The van der Waals surface area contributed by atoms with Crippen molar-refractivity contribution < 1.29 is 9.13 Å². The van der Waals surface area contributed by atoms with Crippen LogP contribution in [0.4, 0.5) is 4.39 Å². The summed E-state index contributed by atoms with van der Waals surface area (Å²) in [6.07, 6.45) is 0. The van der Waals surface area contributed by atoms with Gasteiger partial charge in [-0.1, -0.05) is 0 Å². The molecule has 0 unspecified atom stereocenters. The molecule has 0 aromatic heterocycles. The Bertz CT molecular complexity index is 364. The molecule has 1 aliphatic rings. The first-order valence-electron chi connectivity index (χ1n) is 5.07. The number of benzene rings is 1. The van der Waals surface area contributed by atoms with Crippen LogP contribution in [0.3, 0.4) is 0 Å². The van der Waals surface area contributed by atoms with Crippen molar-refractivity contribution in [1.29, 1.82) is 0 Å². The van der Waals surface area contributed by atoms with Gasteiger partial charge in [-0.05, 0) is 24.6 Å². The molecule has 0 saturated carbocycles. The summed E-state index contributed by atoms with van der Waals surface area (Å²) < 4.78 is 18.6. The van der Waals surface area contributed by atoms with Gasteiger partial charge in [-0.2, -0.15) is 0 Å². The van der Waals surface area contributed by atoms with Crippen molar-refractivity contribution in [1.82, 2.24) is 5.32 Å². The van der Waals surface area contributed by atoms with Gasteiger partial charge in [0.05, 0.1) is 12.1 Å². The molecule has 2 rings (SSSR count). The van der Waals surface area contributed by atoms with E-state index in [0.29, 0.717) is 25.4 Å². The van der Waals surface area contributed by atoms with Gasteiger partial charge in [0.25, 0.3) is 0 Å². The van der Waals surface area contributed by atoms with Crippen LogP contribution in [-0.2, 0) is 5.54 Å². The van der Waals surface area contributed by atoms with Gasteiger partial charge < -0.3 is 15.8 Å². The van der Waals surface area contributed by atoms with E-state index in [4.69, 9.17) is 10.5 Å². The Morgan fingerprint density at radius 3 is 2.73 bits per heavy atom. The molecule has 3 nitrogen and oxygen atoms in total. The molecule has 1 fully saturated rings. The van der Waals surface area contributed by atoms with Crippen LogP contribution in [0.1, 0.15) is 12.5 Å².